The highest BCUT2D eigenvalue weighted by Gasteiger charge is 2.16. The Morgan fingerprint density at radius 1 is 0.950 bits per heavy atom. The molecule has 1 aliphatic rings. The van der Waals surface area contributed by atoms with Gasteiger partial charge in [0.1, 0.15) is 0 Å². The third-order valence-electron chi connectivity index (χ3n) is 3.42. The second-order valence-electron chi connectivity index (χ2n) is 4.66. The number of rotatable bonds is 3. The number of piperazine rings is 1. The van der Waals surface area contributed by atoms with Crippen LogP contribution in [0.5, 0.6) is 0 Å². The molecule has 0 saturated carbocycles. The first-order valence-corrected chi connectivity index (χ1v) is 6.40. The van der Waals surface area contributed by atoms with Crippen LogP contribution in [0.4, 0.5) is 5.69 Å². The van der Waals surface area contributed by atoms with Crippen molar-refractivity contribution in [2.75, 3.05) is 31.1 Å². The van der Waals surface area contributed by atoms with Gasteiger partial charge in [0.2, 0.25) is 0 Å². The van der Waals surface area contributed by atoms with Gasteiger partial charge in [-0.25, -0.2) is 4.98 Å². The highest BCUT2D eigenvalue weighted by Crippen LogP contribution is 2.15. The first-order valence-electron chi connectivity index (χ1n) is 6.40. The third kappa shape index (κ3) is 4.13. The van der Waals surface area contributed by atoms with Crippen LogP contribution < -0.4 is 4.90 Å². The predicted molar refractivity (Wildman–Crippen MR) is 87.0 cm³/mol. The maximum absolute atomic E-state index is 4.08. The Hall–Kier alpha value is -1.23. The summed E-state index contributed by atoms with van der Waals surface area (Å²) in [5, 5.41) is 0. The van der Waals surface area contributed by atoms with E-state index >= 15 is 0 Å². The average molecular weight is 315 g/mol. The van der Waals surface area contributed by atoms with Crippen molar-refractivity contribution in [3.63, 3.8) is 0 Å². The summed E-state index contributed by atoms with van der Waals surface area (Å²) in [6.07, 6.45) is 5.73. The van der Waals surface area contributed by atoms with Crippen LogP contribution in [0.2, 0.25) is 0 Å². The topological polar surface area (TPSA) is 24.3 Å². The fourth-order valence-electron chi connectivity index (χ4n) is 2.39. The Bertz CT molecular complexity index is 467. The lowest BCUT2D eigenvalue weighted by molar-refractivity contribution is 0.206. The van der Waals surface area contributed by atoms with Crippen LogP contribution in [0.15, 0.2) is 49.1 Å². The van der Waals surface area contributed by atoms with Crippen molar-refractivity contribution in [1.29, 1.82) is 0 Å². The molecule has 1 fully saturated rings. The summed E-state index contributed by atoms with van der Waals surface area (Å²) in [4.78, 5) is 8.98. The highest BCUT2D eigenvalue weighted by atomic mass is 35.5. The number of anilines is 1. The summed E-state index contributed by atoms with van der Waals surface area (Å²) in [6.45, 7) is 5.35. The number of imidazole rings is 1. The Morgan fingerprint density at radius 2 is 1.65 bits per heavy atom. The Morgan fingerprint density at radius 3 is 2.25 bits per heavy atom. The molecule has 0 atom stereocenters. The van der Waals surface area contributed by atoms with Gasteiger partial charge in [-0.15, -0.1) is 24.8 Å². The molecule has 0 amide bonds. The molecular formula is C14H20Cl2N4. The van der Waals surface area contributed by atoms with Crippen molar-refractivity contribution < 1.29 is 0 Å². The van der Waals surface area contributed by atoms with Gasteiger partial charge in [0.15, 0.2) is 0 Å². The molecule has 3 rings (SSSR count). The molecule has 20 heavy (non-hydrogen) atoms. The van der Waals surface area contributed by atoms with E-state index in [2.05, 4.69) is 49.7 Å². The van der Waals surface area contributed by atoms with E-state index in [-0.39, 0.29) is 24.8 Å². The summed E-state index contributed by atoms with van der Waals surface area (Å²) < 4.78 is 2.12. The number of aromatic nitrogens is 2. The van der Waals surface area contributed by atoms with Crippen LogP contribution in [0.25, 0.3) is 0 Å². The van der Waals surface area contributed by atoms with Crippen molar-refractivity contribution >= 4 is 30.5 Å². The average Bonchev–Trinajstić information content (AvgIpc) is 2.94. The minimum absolute atomic E-state index is 0. The van der Waals surface area contributed by atoms with Gasteiger partial charge in [0.05, 0.1) is 13.0 Å². The molecule has 0 spiro atoms. The number of para-hydroxylation sites is 1. The molecule has 1 saturated heterocycles. The molecule has 0 N–H and O–H groups in total. The molecule has 1 aromatic carbocycles. The van der Waals surface area contributed by atoms with Crippen LogP contribution in [0.3, 0.4) is 0 Å². The van der Waals surface area contributed by atoms with Crippen molar-refractivity contribution in [1.82, 2.24) is 14.5 Å². The van der Waals surface area contributed by atoms with E-state index in [1.807, 2.05) is 18.7 Å². The lowest BCUT2D eigenvalue weighted by Crippen LogP contribution is -2.46. The van der Waals surface area contributed by atoms with Gasteiger partial charge in [-0.3, -0.25) is 4.90 Å². The summed E-state index contributed by atoms with van der Waals surface area (Å²) in [5.74, 6) is 0. The lowest BCUT2D eigenvalue weighted by Gasteiger charge is -2.36. The number of hydrogen-bond acceptors (Lipinski definition) is 3. The van der Waals surface area contributed by atoms with Crippen molar-refractivity contribution in [3.05, 3.63) is 49.1 Å². The van der Waals surface area contributed by atoms with Gasteiger partial charge in [-0.05, 0) is 12.1 Å². The van der Waals surface area contributed by atoms with Crippen LogP contribution >= 0.6 is 24.8 Å². The minimum atomic E-state index is 0. The Balaban J connectivity index is 0.000001000. The molecule has 0 unspecified atom stereocenters. The number of hydrogen-bond donors (Lipinski definition) is 0. The van der Waals surface area contributed by atoms with Gasteiger partial charge in [-0.2, -0.15) is 0 Å². The van der Waals surface area contributed by atoms with Crippen LogP contribution in [0.1, 0.15) is 0 Å². The van der Waals surface area contributed by atoms with Crippen molar-refractivity contribution in [2.24, 2.45) is 0 Å². The van der Waals surface area contributed by atoms with Crippen molar-refractivity contribution in [3.8, 4) is 0 Å². The summed E-state index contributed by atoms with van der Waals surface area (Å²) >= 11 is 0. The maximum Gasteiger partial charge on any atom is 0.0956 e. The van der Waals surface area contributed by atoms with E-state index in [1.165, 1.54) is 5.69 Å². The van der Waals surface area contributed by atoms with E-state index in [4.69, 9.17) is 0 Å². The van der Waals surface area contributed by atoms with Crippen LogP contribution in [-0.4, -0.2) is 40.6 Å². The second kappa shape index (κ2) is 8.15. The third-order valence-corrected chi connectivity index (χ3v) is 3.42. The molecule has 1 aromatic heterocycles. The first-order chi connectivity index (χ1) is 8.92. The van der Waals surface area contributed by atoms with Crippen molar-refractivity contribution in [2.45, 2.75) is 6.67 Å². The molecule has 1 aliphatic heterocycles. The fraction of sp³-hybridized carbons (Fsp3) is 0.357. The monoisotopic (exact) mass is 314 g/mol. The SMILES string of the molecule is Cl.Cl.c1ccc(N2CCN(Cn3ccnc3)CC2)cc1. The van der Waals surface area contributed by atoms with Gasteiger partial charge >= 0.3 is 0 Å². The first kappa shape index (κ1) is 16.8. The standard InChI is InChI=1S/C14H18N4.2ClH/c1-2-4-14(5-3-1)18-10-8-16(9-11-18)13-17-7-6-15-12-17;;/h1-7,12H,8-11,13H2;2*1H. The van der Waals surface area contributed by atoms with Gasteiger partial charge in [0.25, 0.3) is 0 Å². The summed E-state index contributed by atoms with van der Waals surface area (Å²) in [6, 6.07) is 10.6. The Labute approximate surface area is 132 Å². The summed E-state index contributed by atoms with van der Waals surface area (Å²) in [7, 11) is 0. The number of halogens is 2. The van der Waals surface area contributed by atoms with E-state index in [1.54, 1.807) is 0 Å². The molecule has 2 heterocycles. The highest BCUT2D eigenvalue weighted by molar-refractivity contribution is 5.85. The molecule has 0 aliphatic carbocycles. The number of nitrogens with zero attached hydrogens (tertiary/aromatic N) is 4. The molecule has 6 heteroatoms. The van der Waals surface area contributed by atoms with Gasteiger partial charge in [-0.1, -0.05) is 18.2 Å². The lowest BCUT2D eigenvalue weighted by atomic mass is 10.2. The Kier molecular flexibility index (Phi) is 6.85. The smallest absolute Gasteiger partial charge is 0.0956 e. The molecule has 0 radical (unpaired) electrons. The largest absolute Gasteiger partial charge is 0.369 e. The van der Waals surface area contributed by atoms with Gasteiger partial charge in [0, 0.05) is 44.3 Å². The minimum Gasteiger partial charge on any atom is -0.369 e. The molecule has 0 bridgehead atoms. The molecule has 110 valence electrons. The van der Waals surface area contributed by atoms with E-state index in [0.29, 0.717) is 0 Å². The molecular weight excluding hydrogens is 295 g/mol. The number of benzene rings is 1. The van der Waals surface area contributed by atoms with Gasteiger partial charge < -0.3 is 9.47 Å². The zero-order valence-electron chi connectivity index (χ0n) is 11.3. The fourth-order valence-corrected chi connectivity index (χ4v) is 2.39. The molecule has 4 nitrogen and oxygen atoms in total. The molecule has 2 aromatic rings. The van der Waals surface area contributed by atoms with Crippen LogP contribution in [-0.2, 0) is 6.67 Å². The zero-order chi connectivity index (χ0) is 12.2. The summed E-state index contributed by atoms with van der Waals surface area (Å²) in [5.41, 5.74) is 1.33. The quantitative estimate of drug-likeness (QED) is 0.870. The maximum atomic E-state index is 4.08. The zero-order valence-corrected chi connectivity index (χ0v) is 12.9. The van der Waals surface area contributed by atoms with E-state index in [9.17, 15) is 0 Å². The van der Waals surface area contributed by atoms with E-state index < -0.39 is 0 Å². The second-order valence-corrected chi connectivity index (χ2v) is 4.66. The normalized spacial score (nSPS) is 15.3. The van der Waals surface area contributed by atoms with E-state index in [0.717, 1.165) is 32.8 Å². The van der Waals surface area contributed by atoms with Crippen LogP contribution in [0, 0.1) is 0 Å². The predicted octanol–water partition coefficient (Wildman–Crippen LogP) is 2.51.